The Bertz CT molecular complexity index is 457. The molecule has 1 aromatic rings. The molecule has 2 N–H and O–H groups in total. The predicted molar refractivity (Wildman–Crippen MR) is 79.1 cm³/mol. The van der Waals surface area contributed by atoms with Gasteiger partial charge in [0.05, 0.1) is 5.75 Å². The lowest BCUT2D eigenvalue weighted by molar-refractivity contribution is 0.198. The summed E-state index contributed by atoms with van der Waals surface area (Å²) in [5.74, 6) is 0.143. The largest absolute Gasteiger partial charge is 0.385 e. The first-order valence-corrected chi connectivity index (χ1v) is 8.06. The minimum Gasteiger partial charge on any atom is -0.385 e. The Balaban J connectivity index is 2.47. The van der Waals surface area contributed by atoms with Gasteiger partial charge in [0.2, 0.25) is 10.0 Å². The zero-order valence-electron chi connectivity index (χ0n) is 11.5. The van der Waals surface area contributed by atoms with Crippen LogP contribution < -0.4 is 10.0 Å². The van der Waals surface area contributed by atoms with Gasteiger partial charge in [-0.1, -0.05) is 6.92 Å². The van der Waals surface area contributed by atoms with E-state index in [-0.39, 0.29) is 5.75 Å². The van der Waals surface area contributed by atoms with Gasteiger partial charge in [0.15, 0.2) is 0 Å². The molecule has 108 valence electrons. The number of sulfonamides is 1. The molecular weight excluding hydrogens is 264 g/mol. The van der Waals surface area contributed by atoms with Crippen molar-refractivity contribution in [3.63, 3.8) is 0 Å². The Morgan fingerprint density at radius 2 is 1.79 bits per heavy atom. The number of hydrogen-bond acceptors (Lipinski definition) is 4. The summed E-state index contributed by atoms with van der Waals surface area (Å²) in [7, 11) is -1.53. The fourth-order valence-corrected chi connectivity index (χ4v) is 2.74. The Labute approximate surface area is 115 Å². The molecule has 0 aromatic heterocycles. The van der Waals surface area contributed by atoms with Gasteiger partial charge < -0.3 is 10.1 Å². The number of nitrogens with one attached hydrogen (secondary N) is 2. The highest BCUT2D eigenvalue weighted by Crippen LogP contribution is 2.15. The van der Waals surface area contributed by atoms with E-state index in [1.807, 2.05) is 19.1 Å². The maximum absolute atomic E-state index is 11.6. The van der Waals surface area contributed by atoms with Crippen LogP contribution in [0.4, 0.5) is 11.4 Å². The van der Waals surface area contributed by atoms with Crippen molar-refractivity contribution in [1.29, 1.82) is 0 Å². The number of ether oxygens (including phenoxy) is 1. The quantitative estimate of drug-likeness (QED) is 0.683. The third kappa shape index (κ3) is 6.45. The Hall–Kier alpha value is -1.27. The van der Waals surface area contributed by atoms with Gasteiger partial charge in [0.25, 0.3) is 0 Å². The first-order valence-electron chi connectivity index (χ1n) is 6.41. The van der Waals surface area contributed by atoms with E-state index in [4.69, 9.17) is 4.74 Å². The number of anilines is 2. The van der Waals surface area contributed by atoms with Crippen LogP contribution >= 0.6 is 0 Å². The highest BCUT2D eigenvalue weighted by molar-refractivity contribution is 7.92. The Morgan fingerprint density at radius 3 is 2.37 bits per heavy atom. The average Bonchev–Trinajstić information content (AvgIpc) is 2.36. The predicted octanol–water partition coefficient (Wildman–Crippen LogP) is 2.29. The molecule has 6 heteroatoms. The summed E-state index contributed by atoms with van der Waals surface area (Å²) < 4.78 is 30.7. The van der Waals surface area contributed by atoms with E-state index in [0.29, 0.717) is 12.1 Å². The van der Waals surface area contributed by atoms with Crippen molar-refractivity contribution in [3.8, 4) is 0 Å². The normalized spacial score (nSPS) is 11.3. The molecule has 0 fully saturated rings. The molecular formula is C13H22N2O3S. The van der Waals surface area contributed by atoms with Crippen molar-refractivity contribution in [3.05, 3.63) is 24.3 Å². The number of methoxy groups -OCH3 is 1. The van der Waals surface area contributed by atoms with Gasteiger partial charge in [-0.3, -0.25) is 4.72 Å². The van der Waals surface area contributed by atoms with Gasteiger partial charge in [0, 0.05) is 31.6 Å². The van der Waals surface area contributed by atoms with Crippen LogP contribution in [0.25, 0.3) is 0 Å². The zero-order valence-corrected chi connectivity index (χ0v) is 12.3. The highest BCUT2D eigenvalue weighted by Gasteiger charge is 2.08. The van der Waals surface area contributed by atoms with E-state index in [9.17, 15) is 8.42 Å². The molecule has 0 spiro atoms. The van der Waals surface area contributed by atoms with Gasteiger partial charge >= 0.3 is 0 Å². The van der Waals surface area contributed by atoms with Gasteiger partial charge in [0.1, 0.15) is 0 Å². The van der Waals surface area contributed by atoms with E-state index < -0.39 is 10.0 Å². The molecule has 0 heterocycles. The molecule has 0 saturated carbocycles. The first kappa shape index (κ1) is 15.8. The molecule has 19 heavy (non-hydrogen) atoms. The van der Waals surface area contributed by atoms with Crippen LogP contribution in [0.2, 0.25) is 0 Å². The van der Waals surface area contributed by atoms with Crippen molar-refractivity contribution in [2.24, 2.45) is 0 Å². The second-order valence-electron chi connectivity index (χ2n) is 4.27. The first-order chi connectivity index (χ1) is 9.07. The summed E-state index contributed by atoms with van der Waals surface area (Å²) in [6.07, 6.45) is 1.54. The van der Waals surface area contributed by atoms with Crippen LogP contribution in [0, 0.1) is 0 Å². The van der Waals surface area contributed by atoms with E-state index in [1.165, 1.54) is 0 Å². The average molecular weight is 286 g/mol. The Kier molecular flexibility index (Phi) is 6.66. The number of rotatable bonds is 9. The second-order valence-corrected chi connectivity index (χ2v) is 6.11. The van der Waals surface area contributed by atoms with Gasteiger partial charge in [-0.15, -0.1) is 0 Å². The van der Waals surface area contributed by atoms with Crippen molar-refractivity contribution < 1.29 is 13.2 Å². The van der Waals surface area contributed by atoms with Crippen molar-refractivity contribution in [1.82, 2.24) is 0 Å². The van der Waals surface area contributed by atoms with Gasteiger partial charge in [-0.25, -0.2) is 8.42 Å². The molecule has 5 nitrogen and oxygen atoms in total. The van der Waals surface area contributed by atoms with Crippen LogP contribution in [0.1, 0.15) is 19.8 Å². The summed E-state index contributed by atoms with van der Waals surface area (Å²) in [5.41, 5.74) is 1.56. The smallest absolute Gasteiger partial charge is 0.232 e. The molecule has 0 radical (unpaired) electrons. The minimum absolute atomic E-state index is 0.143. The zero-order chi connectivity index (χ0) is 14.1. The number of hydrogen-bond donors (Lipinski definition) is 2. The van der Waals surface area contributed by atoms with Crippen molar-refractivity contribution in [2.45, 2.75) is 19.8 Å². The lowest BCUT2D eigenvalue weighted by Crippen LogP contribution is -2.16. The summed E-state index contributed by atoms with van der Waals surface area (Å²) in [6.45, 7) is 3.39. The molecule has 1 rings (SSSR count). The highest BCUT2D eigenvalue weighted by atomic mass is 32.2. The minimum atomic E-state index is -3.21. The third-order valence-electron chi connectivity index (χ3n) is 2.49. The maximum atomic E-state index is 11.6. The van der Waals surface area contributed by atoms with Gasteiger partial charge in [-0.05, 0) is 37.1 Å². The standard InChI is InChI=1S/C13H22N2O3S/c1-3-11-19(16,17)15-13-7-5-12(6-8-13)14-9-4-10-18-2/h5-8,14-15H,3-4,9-11H2,1-2H3. The molecule has 0 unspecified atom stereocenters. The van der Waals surface area contributed by atoms with Crippen LogP contribution in [0.3, 0.4) is 0 Å². The summed E-state index contributed by atoms with van der Waals surface area (Å²) >= 11 is 0. The fourth-order valence-electron chi connectivity index (χ4n) is 1.60. The van der Waals surface area contributed by atoms with E-state index >= 15 is 0 Å². The van der Waals surface area contributed by atoms with Gasteiger partial charge in [-0.2, -0.15) is 0 Å². The fraction of sp³-hybridized carbons (Fsp3) is 0.538. The second kappa shape index (κ2) is 8.01. The lowest BCUT2D eigenvalue weighted by atomic mass is 10.3. The summed E-state index contributed by atoms with van der Waals surface area (Å²) in [4.78, 5) is 0. The van der Waals surface area contributed by atoms with E-state index in [0.717, 1.165) is 25.3 Å². The topological polar surface area (TPSA) is 67.4 Å². The van der Waals surface area contributed by atoms with Crippen LogP contribution in [-0.2, 0) is 14.8 Å². The van der Waals surface area contributed by atoms with Crippen molar-refractivity contribution in [2.75, 3.05) is 36.1 Å². The molecule has 1 aromatic carbocycles. The van der Waals surface area contributed by atoms with Crippen LogP contribution in [-0.4, -0.2) is 34.4 Å². The molecule has 0 aliphatic carbocycles. The van der Waals surface area contributed by atoms with Crippen LogP contribution in [0.5, 0.6) is 0 Å². The maximum Gasteiger partial charge on any atom is 0.232 e. The number of benzene rings is 1. The van der Waals surface area contributed by atoms with Crippen LogP contribution in [0.15, 0.2) is 24.3 Å². The molecule has 0 aliphatic rings. The monoisotopic (exact) mass is 286 g/mol. The van der Waals surface area contributed by atoms with Crippen molar-refractivity contribution >= 4 is 21.4 Å². The molecule has 0 bridgehead atoms. The lowest BCUT2D eigenvalue weighted by Gasteiger charge is -2.09. The molecule has 0 aliphatic heterocycles. The third-order valence-corrected chi connectivity index (χ3v) is 3.98. The SMILES string of the molecule is CCCS(=O)(=O)Nc1ccc(NCCCOC)cc1. The molecule has 0 atom stereocenters. The van der Waals surface area contributed by atoms with E-state index in [2.05, 4.69) is 10.0 Å². The molecule has 0 saturated heterocycles. The summed E-state index contributed by atoms with van der Waals surface area (Å²) in [5, 5.41) is 3.24. The van der Waals surface area contributed by atoms with E-state index in [1.54, 1.807) is 19.2 Å². The molecule has 0 amide bonds. The summed E-state index contributed by atoms with van der Waals surface area (Å²) in [6, 6.07) is 7.23. The Morgan fingerprint density at radius 1 is 1.16 bits per heavy atom.